The normalized spacial score (nSPS) is 13.2. The van der Waals surface area contributed by atoms with Crippen molar-refractivity contribution in [3.63, 3.8) is 0 Å². The lowest BCUT2D eigenvalue weighted by Gasteiger charge is -2.20. The van der Waals surface area contributed by atoms with Gasteiger partial charge in [0.05, 0.1) is 17.9 Å². The third-order valence-corrected chi connectivity index (χ3v) is 2.86. The van der Waals surface area contributed by atoms with E-state index in [1.807, 2.05) is 13.8 Å². The number of nitrogens with two attached hydrogens (primary N) is 1. The van der Waals surface area contributed by atoms with E-state index < -0.39 is 0 Å². The Morgan fingerprint density at radius 2 is 1.95 bits per heavy atom. The van der Waals surface area contributed by atoms with Crippen molar-refractivity contribution < 1.29 is 14.3 Å². The number of carbonyl (C=O) groups excluding carboxylic acids is 1. The molecule has 0 spiro atoms. The van der Waals surface area contributed by atoms with Crippen molar-refractivity contribution in [1.29, 1.82) is 0 Å². The van der Waals surface area contributed by atoms with Crippen molar-refractivity contribution in [2.75, 3.05) is 37.4 Å². The van der Waals surface area contributed by atoms with Gasteiger partial charge in [-0.15, -0.1) is 0 Å². The van der Waals surface area contributed by atoms with Crippen LogP contribution in [0.1, 0.15) is 13.8 Å². The Morgan fingerprint density at radius 3 is 2.60 bits per heavy atom. The lowest BCUT2D eigenvalue weighted by molar-refractivity contribution is -0.119. The third-order valence-electron chi connectivity index (χ3n) is 2.86. The first kappa shape index (κ1) is 14.3. The summed E-state index contributed by atoms with van der Waals surface area (Å²) in [5.74, 6) is 1.66. The molecule has 2 rings (SSSR count). The SMILES string of the molecule is CC(C)CNC(=O)CNc1cc2c(cc1N)OCCO2. The number of carbonyl (C=O) groups is 1. The van der Waals surface area contributed by atoms with Gasteiger partial charge in [0.2, 0.25) is 5.91 Å². The average Bonchev–Trinajstić information content (AvgIpc) is 2.42. The molecule has 0 aromatic heterocycles. The van der Waals surface area contributed by atoms with Gasteiger partial charge in [0.1, 0.15) is 13.2 Å². The number of benzene rings is 1. The molecule has 0 saturated carbocycles. The van der Waals surface area contributed by atoms with E-state index in [9.17, 15) is 4.79 Å². The Labute approximate surface area is 118 Å². The number of fused-ring (bicyclic) bond motifs is 1. The van der Waals surface area contributed by atoms with E-state index in [1.165, 1.54) is 0 Å². The van der Waals surface area contributed by atoms with Crippen molar-refractivity contribution in [2.24, 2.45) is 5.92 Å². The summed E-state index contributed by atoms with van der Waals surface area (Å²) < 4.78 is 10.9. The van der Waals surface area contributed by atoms with Gasteiger partial charge in [-0.05, 0) is 5.92 Å². The summed E-state index contributed by atoms with van der Waals surface area (Å²) in [4.78, 5) is 11.7. The number of nitrogen functional groups attached to an aromatic ring is 1. The summed E-state index contributed by atoms with van der Waals surface area (Å²) in [6.45, 7) is 5.98. The summed E-state index contributed by atoms with van der Waals surface area (Å²) in [6.07, 6.45) is 0. The van der Waals surface area contributed by atoms with Gasteiger partial charge in [-0.1, -0.05) is 13.8 Å². The van der Waals surface area contributed by atoms with Crippen LogP contribution in [0.25, 0.3) is 0 Å². The van der Waals surface area contributed by atoms with Crippen LogP contribution in [0.3, 0.4) is 0 Å². The van der Waals surface area contributed by atoms with E-state index in [2.05, 4.69) is 10.6 Å². The van der Waals surface area contributed by atoms with Gasteiger partial charge < -0.3 is 25.8 Å². The fraction of sp³-hybridized carbons (Fsp3) is 0.500. The van der Waals surface area contributed by atoms with Crippen molar-refractivity contribution in [2.45, 2.75) is 13.8 Å². The van der Waals surface area contributed by atoms with E-state index in [0.29, 0.717) is 48.6 Å². The molecule has 1 amide bonds. The second kappa shape index (κ2) is 6.36. The summed E-state index contributed by atoms with van der Waals surface area (Å²) in [5, 5.41) is 5.85. The predicted molar refractivity (Wildman–Crippen MR) is 78.2 cm³/mol. The Morgan fingerprint density at radius 1 is 1.30 bits per heavy atom. The molecule has 0 aliphatic carbocycles. The Hall–Kier alpha value is -2.11. The van der Waals surface area contributed by atoms with E-state index in [1.54, 1.807) is 12.1 Å². The van der Waals surface area contributed by atoms with Crippen LogP contribution in [0, 0.1) is 5.92 Å². The zero-order valence-corrected chi connectivity index (χ0v) is 11.9. The number of ether oxygens (including phenoxy) is 2. The van der Waals surface area contributed by atoms with Crippen LogP contribution in [-0.4, -0.2) is 32.2 Å². The highest BCUT2D eigenvalue weighted by Crippen LogP contribution is 2.36. The van der Waals surface area contributed by atoms with Crippen LogP contribution in [0.5, 0.6) is 11.5 Å². The minimum Gasteiger partial charge on any atom is -0.486 e. The number of nitrogens with one attached hydrogen (secondary N) is 2. The molecule has 0 radical (unpaired) electrons. The number of rotatable bonds is 5. The van der Waals surface area contributed by atoms with Crippen LogP contribution in [0.2, 0.25) is 0 Å². The minimum atomic E-state index is -0.0620. The van der Waals surface area contributed by atoms with Gasteiger partial charge in [-0.25, -0.2) is 0 Å². The highest BCUT2D eigenvalue weighted by molar-refractivity contribution is 5.83. The number of amides is 1. The second-order valence-corrected chi connectivity index (χ2v) is 5.13. The zero-order valence-electron chi connectivity index (χ0n) is 11.9. The smallest absolute Gasteiger partial charge is 0.239 e. The summed E-state index contributed by atoms with van der Waals surface area (Å²) in [7, 11) is 0. The minimum absolute atomic E-state index is 0.0620. The second-order valence-electron chi connectivity index (χ2n) is 5.13. The highest BCUT2D eigenvalue weighted by atomic mass is 16.6. The van der Waals surface area contributed by atoms with Gasteiger partial charge in [-0.2, -0.15) is 0 Å². The maximum absolute atomic E-state index is 11.7. The molecule has 0 bridgehead atoms. The largest absolute Gasteiger partial charge is 0.486 e. The maximum Gasteiger partial charge on any atom is 0.239 e. The Kier molecular flexibility index (Phi) is 4.55. The highest BCUT2D eigenvalue weighted by Gasteiger charge is 2.15. The Balaban J connectivity index is 1.94. The summed E-state index contributed by atoms with van der Waals surface area (Å²) in [5.41, 5.74) is 7.13. The number of hydrogen-bond donors (Lipinski definition) is 3. The third kappa shape index (κ3) is 3.69. The summed E-state index contributed by atoms with van der Waals surface area (Å²) in [6, 6.07) is 3.47. The molecule has 20 heavy (non-hydrogen) atoms. The molecule has 110 valence electrons. The van der Waals surface area contributed by atoms with Gasteiger partial charge in [0.15, 0.2) is 11.5 Å². The average molecular weight is 279 g/mol. The van der Waals surface area contributed by atoms with E-state index in [-0.39, 0.29) is 12.5 Å². The molecule has 1 aromatic carbocycles. The lowest BCUT2D eigenvalue weighted by Crippen LogP contribution is -2.32. The zero-order chi connectivity index (χ0) is 14.5. The molecule has 6 nitrogen and oxygen atoms in total. The molecular formula is C14H21N3O3. The van der Waals surface area contributed by atoms with Crippen molar-refractivity contribution in [3.05, 3.63) is 12.1 Å². The maximum atomic E-state index is 11.7. The van der Waals surface area contributed by atoms with Gasteiger partial charge in [0.25, 0.3) is 0 Å². The van der Waals surface area contributed by atoms with Gasteiger partial charge >= 0.3 is 0 Å². The number of anilines is 2. The first-order valence-corrected chi connectivity index (χ1v) is 6.76. The molecule has 0 atom stereocenters. The van der Waals surface area contributed by atoms with E-state index in [0.717, 1.165) is 0 Å². The van der Waals surface area contributed by atoms with Crippen molar-refractivity contribution >= 4 is 17.3 Å². The monoisotopic (exact) mass is 279 g/mol. The molecule has 1 heterocycles. The lowest BCUT2D eigenvalue weighted by atomic mass is 10.2. The van der Waals surface area contributed by atoms with Crippen LogP contribution in [0.15, 0.2) is 12.1 Å². The molecule has 1 aliphatic heterocycles. The molecule has 0 fully saturated rings. The van der Waals surface area contributed by atoms with Gasteiger partial charge in [-0.3, -0.25) is 4.79 Å². The van der Waals surface area contributed by atoms with Crippen molar-refractivity contribution in [1.82, 2.24) is 5.32 Å². The quantitative estimate of drug-likeness (QED) is 0.706. The molecule has 0 unspecified atom stereocenters. The summed E-state index contributed by atoms with van der Waals surface area (Å²) >= 11 is 0. The van der Waals surface area contributed by atoms with E-state index >= 15 is 0 Å². The topological polar surface area (TPSA) is 85.6 Å². The van der Waals surface area contributed by atoms with Crippen LogP contribution >= 0.6 is 0 Å². The van der Waals surface area contributed by atoms with Gasteiger partial charge in [0, 0.05) is 18.7 Å². The molecule has 1 aliphatic rings. The Bertz CT molecular complexity index is 489. The standard InChI is InChI=1S/C14H21N3O3/c1-9(2)7-17-14(18)8-16-11-6-13-12(5-10(11)15)19-3-4-20-13/h5-6,9,16H,3-4,7-8,15H2,1-2H3,(H,17,18). The molecule has 0 saturated heterocycles. The fourth-order valence-corrected chi connectivity index (χ4v) is 1.81. The molecule has 4 N–H and O–H groups in total. The van der Waals surface area contributed by atoms with Crippen LogP contribution in [-0.2, 0) is 4.79 Å². The first-order valence-electron chi connectivity index (χ1n) is 6.76. The number of hydrogen-bond acceptors (Lipinski definition) is 5. The van der Waals surface area contributed by atoms with Crippen molar-refractivity contribution in [3.8, 4) is 11.5 Å². The fourth-order valence-electron chi connectivity index (χ4n) is 1.81. The molecule has 1 aromatic rings. The van der Waals surface area contributed by atoms with E-state index in [4.69, 9.17) is 15.2 Å². The molecule has 6 heteroatoms. The van der Waals surface area contributed by atoms with Crippen LogP contribution < -0.4 is 25.8 Å². The van der Waals surface area contributed by atoms with Crippen LogP contribution in [0.4, 0.5) is 11.4 Å². The molecular weight excluding hydrogens is 258 g/mol. The predicted octanol–water partition coefficient (Wildman–Crippen LogP) is 1.22. The first-order chi connectivity index (χ1) is 9.56.